The predicted octanol–water partition coefficient (Wildman–Crippen LogP) is -0.559. The summed E-state index contributed by atoms with van der Waals surface area (Å²) in [4.78, 5) is 0. The molecule has 0 spiro atoms. The molecule has 0 fully saturated rings. The molecule has 0 amide bonds. The van der Waals surface area contributed by atoms with Gasteiger partial charge in [-0.15, -0.1) is 0 Å². The summed E-state index contributed by atoms with van der Waals surface area (Å²) in [6, 6.07) is 0. The number of hydrogen-bond acceptors (Lipinski definition) is 9. The van der Waals surface area contributed by atoms with Crippen molar-refractivity contribution in [2.45, 2.75) is 0 Å². The third-order valence-corrected chi connectivity index (χ3v) is 7.58. The largest absolute Gasteiger partial charge is 0.952 e. The molecule has 13 heteroatoms. The summed E-state index contributed by atoms with van der Waals surface area (Å²) in [5.74, 6) is 0. The summed E-state index contributed by atoms with van der Waals surface area (Å²) in [6.07, 6.45) is 0. The maximum atomic E-state index is 11.1. The van der Waals surface area contributed by atoms with Gasteiger partial charge in [0.25, 0.3) is 30.4 Å². The van der Waals surface area contributed by atoms with E-state index in [1.165, 1.54) is 0 Å². The molecule has 19 heavy (non-hydrogen) atoms. The van der Waals surface area contributed by atoms with E-state index in [0.29, 0.717) is 16.2 Å². The molecule has 0 aromatic rings. The lowest BCUT2D eigenvalue weighted by Crippen LogP contribution is -2.33. The van der Waals surface area contributed by atoms with Gasteiger partial charge in [0.2, 0.25) is 0 Å². The van der Waals surface area contributed by atoms with Crippen LogP contribution in [0.2, 0.25) is 0 Å². The first-order chi connectivity index (χ1) is 8.47. The van der Waals surface area contributed by atoms with Gasteiger partial charge >= 0.3 is 15.1 Å². The van der Waals surface area contributed by atoms with Crippen LogP contribution in [-0.4, -0.2) is 40.4 Å². The van der Waals surface area contributed by atoms with E-state index in [2.05, 4.69) is 29.4 Å². The molecule has 0 aliphatic carbocycles. The molecule has 0 N–H and O–H groups in total. The fourth-order valence-corrected chi connectivity index (χ4v) is 5.32. The SMILES string of the molecule is C=CS(=O)(=O)[O][Al]([O]S(=O)(=O)C=C)[O]S(=O)(=O)C=C. The molecule has 0 aromatic heterocycles. The average Bonchev–Trinajstić information content (AvgIpc) is 2.27. The van der Waals surface area contributed by atoms with Gasteiger partial charge in [0.1, 0.15) is 0 Å². The fourth-order valence-electron chi connectivity index (χ4n) is 0.494. The van der Waals surface area contributed by atoms with Crippen molar-refractivity contribution in [3.05, 3.63) is 36.0 Å². The van der Waals surface area contributed by atoms with E-state index in [-0.39, 0.29) is 0 Å². The van der Waals surface area contributed by atoms with Gasteiger partial charge in [-0.2, -0.15) is 25.3 Å². The van der Waals surface area contributed by atoms with Gasteiger partial charge in [0.05, 0.1) is 0 Å². The lowest BCUT2D eigenvalue weighted by Gasteiger charge is -2.09. The van der Waals surface area contributed by atoms with Crippen molar-refractivity contribution < 1.29 is 35.0 Å². The molecule has 0 aromatic carbocycles. The summed E-state index contributed by atoms with van der Waals surface area (Å²) >= 11 is -4.14. The topological polar surface area (TPSA) is 130 Å². The van der Waals surface area contributed by atoms with E-state index in [4.69, 9.17) is 0 Å². The van der Waals surface area contributed by atoms with E-state index in [1.54, 1.807) is 0 Å². The molecule has 0 heterocycles. The Hall–Kier alpha value is -0.518. The molecule has 0 saturated carbocycles. The van der Waals surface area contributed by atoms with E-state index < -0.39 is 45.5 Å². The van der Waals surface area contributed by atoms with Crippen LogP contribution in [0.15, 0.2) is 36.0 Å². The molecular weight excluding hydrogens is 339 g/mol. The van der Waals surface area contributed by atoms with E-state index in [0.717, 1.165) is 0 Å². The third kappa shape index (κ3) is 7.60. The lowest BCUT2D eigenvalue weighted by molar-refractivity contribution is 0.318. The van der Waals surface area contributed by atoms with Crippen molar-refractivity contribution in [1.82, 2.24) is 0 Å². The fraction of sp³-hybridized carbons (Fsp3) is 0. The van der Waals surface area contributed by atoms with Crippen molar-refractivity contribution >= 4 is 45.5 Å². The highest BCUT2D eigenvalue weighted by atomic mass is 32.2. The quantitative estimate of drug-likeness (QED) is 0.503. The number of rotatable bonds is 9. The Morgan fingerprint density at radius 3 is 1.00 bits per heavy atom. The monoisotopic (exact) mass is 348 g/mol. The van der Waals surface area contributed by atoms with Gasteiger partial charge in [-0.3, -0.25) is 0 Å². The van der Waals surface area contributed by atoms with Gasteiger partial charge < -0.3 is 9.70 Å². The summed E-state index contributed by atoms with van der Waals surface area (Å²) in [7, 11) is -13.2. The Morgan fingerprint density at radius 2 is 0.842 bits per heavy atom. The molecule has 0 aliphatic rings. The Morgan fingerprint density at radius 1 is 0.632 bits per heavy atom. The average molecular weight is 348 g/mol. The van der Waals surface area contributed by atoms with E-state index in [1.807, 2.05) is 0 Å². The zero-order valence-corrected chi connectivity index (χ0v) is 12.9. The first kappa shape index (κ1) is 18.5. The van der Waals surface area contributed by atoms with Gasteiger partial charge in [0, 0.05) is 16.2 Å². The van der Waals surface area contributed by atoms with Crippen LogP contribution in [0, 0.1) is 0 Å². The molecule has 0 saturated heterocycles. The highest BCUT2D eigenvalue weighted by Gasteiger charge is 2.44. The van der Waals surface area contributed by atoms with Crippen LogP contribution < -0.4 is 0 Å². The first-order valence-electron chi connectivity index (χ1n) is 4.14. The van der Waals surface area contributed by atoms with Crippen molar-refractivity contribution in [3.8, 4) is 0 Å². The van der Waals surface area contributed by atoms with Crippen molar-refractivity contribution in [2.75, 3.05) is 0 Å². The van der Waals surface area contributed by atoms with Gasteiger partial charge in [-0.05, 0) is 0 Å². The van der Waals surface area contributed by atoms with Crippen LogP contribution >= 0.6 is 0 Å². The second kappa shape index (κ2) is 6.77. The molecule has 108 valence electrons. The Kier molecular flexibility index (Phi) is 6.59. The van der Waals surface area contributed by atoms with E-state index in [9.17, 15) is 25.3 Å². The maximum absolute atomic E-state index is 11.1. The molecule has 9 nitrogen and oxygen atoms in total. The summed E-state index contributed by atoms with van der Waals surface area (Å²) in [5, 5.41) is 0.961. The minimum atomic E-state index is -4.40. The minimum absolute atomic E-state index is 0.320. The summed E-state index contributed by atoms with van der Waals surface area (Å²) in [6.45, 7) is 8.63. The van der Waals surface area contributed by atoms with Gasteiger partial charge in [-0.1, -0.05) is 19.7 Å². The highest BCUT2D eigenvalue weighted by molar-refractivity contribution is 7.93. The molecule has 0 aliphatic heterocycles. The molecule has 0 unspecified atom stereocenters. The minimum Gasteiger partial charge on any atom is -0.338 e. The molecule has 0 atom stereocenters. The van der Waals surface area contributed by atoms with Crippen LogP contribution in [0.5, 0.6) is 0 Å². The van der Waals surface area contributed by atoms with Gasteiger partial charge in [0.15, 0.2) is 0 Å². The second-order valence-electron chi connectivity index (χ2n) is 2.56. The van der Waals surface area contributed by atoms with Crippen molar-refractivity contribution in [3.63, 3.8) is 0 Å². The lowest BCUT2D eigenvalue weighted by atomic mass is 11.3. The second-order valence-corrected chi connectivity index (χ2v) is 9.40. The highest BCUT2D eigenvalue weighted by Crippen LogP contribution is 2.09. The Bertz CT molecular complexity index is 562. The standard InChI is InChI=1S/3C2H4O3S.Al/c3*1-2-6(3,4)5;/h3*2H,1H2,(H,3,4,5);/q;;;+3/p-3. The number of hydrogen-bond donors (Lipinski definition) is 0. The van der Waals surface area contributed by atoms with Crippen molar-refractivity contribution in [1.29, 1.82) is 0 Å². The summed E-state index contributed by atoms with van der Waals surface area (Å²) < 4.78 is 78.8. The predicted molar refractivity (Wildman–Crippen MR) is 66.4 cm³/mol. The van der Waals surface area contributed by atoms with Gasteiger partial charge in [-0.25, -0.2) is 0 Å². The molecule has 0 radical (unpaired) electrons. The van der Waals surface area contributed by atoms with Crippen molar-refractivity contribution in [2.24, 2.45) is 0 Å². The first-order valence-corrected chi connectivity index (χ1v) is 9.97. The molecule has 0 bridgehead atoms. The van der Waals surface area contributed by atoms with Crippen LogP contribution in [-0.2, 0) is 40.1 Å². The Balaban J connectivity index is 5.33. The molecule has 0 rings (SSSR count). The van der Waals surface area contributed by atoms with E-state index >= 15 is 0 Å². The summed E-state index contributed by atoms with van der Waals surface area (Å²) in [5.41, 5.74) is 0. The third-order valence-electron chi connectivity index (χ3n) is 1.25. The Labute approximate surface area is 116 Å². The van der Waals surface area contributed by atoms with Crippen LogP contribution in [0.4, 0.5) is 0 Å². The molecular formula is C6H9AlO9S3. The smallest absolute Gasteiger partial charge is 0.338 e. The van der Waals surface area contributed by atoms with Crippen LogP contribution in [0.25, 0.3) is 0 Å². The van der Waals surface area contributed by atoms with Crippen LogP contribution in [0.1, 0.15) is 0 Å². The van der Waals surface area contributed by atoms with Crippen LogP contribution in [0.3, 0.4) is 0 Å². The maximum Gasteiger partial charge on any atom is 0.952 e. The zero-order chi connectivity index (χ0) is 15.3. The zero-order valence-electron chi connectivity index (χ0n) is 9.33. The normalized spacial score (nSPS) is 12.6.